The van der Waals surface area contributed by atoms with Crippen LogP contribution in [0, 0.1) is 0 Å². The maximum Gasteiger partial charge on any atom is 0.280 e. The van der Waals surface area contributed by atoms with Crippen LogP contribution in [0.2, 0.25) is 0 Å². The molecular weight excluding hydrogens is 376 g/mol. The fraction of sp³-hybridized carbons (Fsp3) is 0.0833. The van der Waals surface area contributed by atoms with E-state index in [1.165, 1.54) is 10.9 Å². The Morgan fingerprint density at radius 3 is 2.20 bits per heavy atom. The molecule has 0 radical (unpaired) electrons. The highest BCUT2D eigenvalue weighted by Crippen LogP contribution is 2.32. The molecule has 2 heterocycles. The monoisotopic (exact) mass is 396 g/mol. The molecule has 30 heavy (non-hydrogen) atoms. The van der Waals surface area contributed by atoms with Crippen molar-refractivity contribution in [2.45, 2.75) is 13.5 Å². The summed E-state index contributed by atoms with van der Waals surface area (Å²) in [5.41, 5.74) is 2.81. The van der Waals surface area contributed by atoms with E-state index in [1.54, 1.807) is 18.3 Å². The molecule has 0 unspecified atom stereocenters. The minimum atomic E-state index is -0.492. The van der Waals surface area contributed by atoms with E-state index in [-0.39, 0.29) is 5.56 Å². The van der Waals surface area contributed by atoms with Gasteiger partial charge in [-0.05, 0) is 24.6 Å². The van der Waals surface area contributed by atoms with Crippen molar-refractivity contribution in [3.05, 3.63) is 101 Å². The van der Waals surface area contributed by atoms with Crippen molar-refractivity contribution < 1.29 is 4.79 Å². The molecule has 0 saturated heterocycles. The third-order valence-corrected chi connectivity index (χ3v) is 4.71. The number of nitrogens with zero attached hydrogens (tertiary/aromatic N) is 3. The van der Waals surface area contributed by atoms with Crippen molar-refractivity contribution in [2.75, 3.05) is 5.32 Å². The van der Waals surface area contributed by atoms with Crippen LogP contribution in [0.3, 0.4) is 0 Å². The summed E-state index contributed by atoms with van der Waals surface area (Å²) in [6.45, 7) is 2.18. The van der Waals surface area contributed by atoms with Crippen molar-refractivity contribution in [3.63, 3.8) is 0 Å². The molecule has 1 N–H and O–H groups in total. The number of aromatic nitrogens is 3. The number of nitrogens with one attached hydrogen (secondary N) is 1. The Kier molecular flexibility index (Phi) is 5.48. The molecule has 0 saturated carbocycles. The summed E-state index contributed by atoms with van der Waals surface area (Å²) in [4.78, 5) is 30.6. The molecule has 0 spiro atoms. The molecular formula is C24H20N4O2. The highest BCUT2D eigenvalue weighted by Gasteiger charge is 2.25. The first-order chi connectivity index (χ1) is 14.7. The Bertz CT molecular complexity index is 1220. The van der Waals surface area contributed by atoms with Crippen molar-refractivity contribution >= 4 is 11.6 Å². The SMILES string of the molecule is CCn1nc(-c2ccccc2)c(-c2ccccc2)c(C(=O)Nc2cccnc2)c1=O. The van der Waals surface area contributed by atoms with Crippen LogP contribution in [-0.2, 0) is 6.54 Å². The van der Waals surface area contributed by atoms with Gasteiger partial charge in [-0.25, -0.2) is 4.68 Å². The van der Waals surface area contributed by atoms with Gasteiger partial charge in [0.15, 0.2) is 0 Å². The van der Waals surface area contributed by atoms with Gasteiger partial charge in [0.25, 0.3) is 11.5 Å². The first-order valence-corrected chi connectivity index (χ1v) is 9.66. The van der Waals surface area contributed by atoms with Crippen LogP contribution in [0.1, 0.15) is 17.3 Å². The van der Waals surface area contributed by atoms with E-state index in [2.05, 4.69) is 15.4 Å². The maximum absolute atomic E-state index is 13.3. The Labute approximate surface area is 173 Å². The number of hydrogen-bond acceptors (Lipinski definition) is 4. The van der Waals surface area contributed by atoms with E-state index < -0.39 is 11.5 Å². The number of rotatable bonds is 5. The van der Waals surface area contributed by atoms with E-state index in [9.17, 15) is 9.59 Å². The Morgan fingerprint density at radius 2 is 1.60 bits per heavy atom. The van der Waals surface area contributed by atoms with E-state index in [0.29, 0.717) is 23.5 Å². The van der Waals surface area contributed by atoms with Gasteiger partial charge in [-0.1, -0.05) is 60.7 Å². The minimum absolute atomic E-state index is 0.0563. The number of benzene rings is 2. The lowest BCUT2D eigenvalue weighted by Gasteiger charge is -2.16. The van der Waals surface area contributed by atoms with Gasteiger partial charge in [0.1, 0.15) is 5.56 Å². The number of amides is 1. The van der Waals surface area contributed by atoms with Crippen LogP contribution in [0.5, 0.6) is 0 Å². The smallest absolute Gasteiger partial charge is 0.280 e. The fourth-order valence-corrected chi connectivity index (χ4v) is 3.31. The number of anilines is 1. The lowest BCUT2D eigenvalue weighted by Crippen LogP contribution is -2.32. The van der Waals surface area contributed by atoms with Gasteiger partial charge in [0, 0.05) is 23.9 Å². The summed E-state index contributed by atoms with van der Waals surface area (Å²) >= 11 is 0. The van der Waals surface area contributed by atoms with Crippen LogP contribution in [0.4, 0.5) is 5.69 Å². The third-order valence-electron chi connectivity index (χ3n) is 4.71. The Balaban J connectivity index is 2.00. The zero-order valence-electron chi connectivity index (χ0n) is 16.4. The molecule has 1 amide bonds. The van der Waals surface area contributed by atoms with Gasteiger partial charge in [0.05, 0.1) is 17.6 Å². The van der Waals surface area contributed by atoms with E-state index in [0.717, 1.165) is 11.1 Å². The van der Waals surface area contributed by atoms with E-state index in [4.69, 9.17) is 0 Å². The number of carbonyl (C=O) groups is 1. The van der Waals surface area contributed by atoms with E-state index in [1.807, 2.05) is 67.6 Å². The largest absolute Gasteiger partial charge is 0.320 e. The number of hydrogen-bond donors (Lipinski definition) is 1. The van der Waals surface area contributed by atoms with Gasteiger partial charge < -0.3 is 5.32 Å². The summed E-state index contributed by atoms with van der Waals surface area (Å²) in [6, 6.07) is 22.4. The normalized spacial score (nSPS) is 10.6. The first kappa shape index (κ1) is 19.3. The molecule has 0 aliphatic heterocycles. The highest BCUT2D eigenvalue weighted by molar-refractivity contribution is 6.10. The molecule has 0 atom stereocenters. The average molecular weight is 396 g/mol. The summed E-state index contributed by atoms with van der Waals surface area (Å²) < 4.78 is 1.33. The summed E-state index contributed by atoms with van der Waals surface area (Å²) in [5, 5.41) is 7.40. The van der Waals surface area contributed by atoms with Crippen molar-refractivity contribution in [1.29, 1.82) is 0 Å². The summed E-state index contributed by atoms with van der Waals surface area (Å²) in [6.07, 6.45) is 3.16. The molecule has 0 aliphatic rings. The molecule has 2 aromatic carbocycles. The fourth-order valence-electron chi connectivity index (χ4n) is 3.31. The van der Waals surface area contributed by atoms with Gasteiger partial charge in [-0.3, -0.25) is 14.6 Å². The van der Waals surface area contributed by atoms with Crippen molar-refractivity contribution in [1.82, 2.24) is 14.8 Å². The molecule has 6 nitrogen and oxygen atoms in total. The molecule has 4 aromatic rings. The molecule has 0 bridgehead atoms. The Hall–Kier alpha value is -4.06. The van der Waals surface area contributed by atoms with Crippen LogP contribution >= 0.6 is 0 Å². The quantitative estimate of drug-likeness (QED) is 0.547. The number of pyridine rings is 1. The third kappa shape index (κ3) is 3.75. The zero-order valence-corrected chi connectivity index (χ0v) is 16.4. The second kappa shape index (κ2) is 8.53. The van der Waals surface area contributed by atoms with Gasteiger partial charge >= 0.3 is 0 Å². The van der Waals surface area contributed by atoms with Crippen LogP contribution in [0.25, 0.3) is 22.4 Å². The molecule has 0 aliphatic carbocycles. The predicted octanol–water partition coefficient (Wildman–Crippen LogP) is 4.24. The number of aryl methyl sites for hydroxylation is 1. The topological polar surface area (TPSA) is 76.9 Å². The summed E-state index contributed by atoms with van der Waals surface area (Å²) in [7, 11) is 0. The predicted molar refractivity (Wildman–Crippen MR) is 117 cm³/mol. The maximum atomic E-state index is 13.3. The van der Waals surface area contributed by atoms with Crippen molar-refractivity contribution in [2.24, 2.45) is 0 Å². The molecule has 6 heteroatoms. The summed E-state index contributed by atoms with van der Waals surface area (Å²) in [5.74, 6) is -0.492. The van der Waals surface area contributed by atoms with Crippen LogP contribution < -0.4 is 10.9 Å². The first-order valence-electron chi connectivity index (χ1n) is 9.66. The Morgan fingerprint density at radius 1 is 0.933 bits per heavy atom. The van der Waals surface area contributed by atoms with Crippen LogP contribution in [0.15, 0.2) is 90.0 Å². The van der Waals surface area contributed by atoms with Crippen molar-refractivity contribution in [3.8, 4) is 22.4 Å². The molecule has 148 valence electrons. The second-order valence-corrected chi connectivity index (χ2v) is 6.65. The molecule has 4 rings (SSSR count). The minimum Gasteiger partial charge on any atom is -0.320 e. The molecule has 0 fully saturated rings. The van der Waals surface area contributed by atoms with Gasteiger partial charge in [-0.2, -0.15) is 5.10 Å². The lowest BCUT2D eigenvalue weighted by atomic mass is 9.95. The second-order valence-electron chi connectivity index (χ2n) is 6.65. The standard InChI is InChI=1S/C24H20N4O2/c1-2-28-24(30)21(23(29)26-19-14-9-15-25-16-19)20(17-10-5-3-6-11-17)22(27-28)18-12-7-4-8-13-18/h3-16H,2H2,1H3,(H,26,29). The highest BCUT2D eigenvalue weighted by atomic mass is 16.2. The lowest BCUT2D eigenvalue weighted by molar-refractivity contribution is 0.102. The van der Waals surface area contributed by atoms with Crippen LogP contribution in [-0.4, -0.2) is 20.7 Å². The van der Waals surface area contributed by atoms with Gasteiger partial charge in [-0.15, -0.1) is 0 Å². The average Bonchev–Trinajstić information content (AvgIpc) is 2.80. The van der Waals surface area contributed by atoms with E-state index >= 15 is 0 Å². The molecule has 2 aromatic heterocycles. The van der Waals surface area contributed by atoms with Gasteiger partial charge in [0.2, 0.25) is 0 Å². The number of carbonyl (C=O) groups excluding carboxylic acids is 1. The zero-order chi connectivity index (χ0) is 20.9.